The van der Waals surface area contributed by atoms with Gasteiger partial charge >= 0.3 is 12.4 Å². The van der Waals surface area contributed by atoms with Crippen molar-refractivity contribution >= 4 is 23.2 Å². The van der Waals surface area contributed by atoms with Crippen molar-refractivity contribution in [3.63, 3.8) is 0 Å². The molecule has 3 rings (SSSR count). The van der Waals surface area contributed by atoms with Gasteiger partial charge in [-0.3, -0.25) is 4.79 Å². The van der Waals surface area contributed by atoms with Crippen LogP contribution < -0.4 is 5.32 Å². The van der Waals surface area contributed by atoms with Gasteiger partial charge in [0, 0.05) is 10.6 Å². The number of nitrogens with one attached hydrogen (secondary N) is 1. The van der Waals surface area contributed by atoms with Gasteiger partial charge in [0.2, 0.25) is 5.82 Å². The molecule has 1 amide bonds. The molecule has 0 aliphatic carbocycles. The number of hydrogen-bond acceptors (Lipinski definition) is 4. The first-order valence-corrected chi connectivity index (χ1v) is 8.89. The van der Waals surface area contributed by atoms with Crippen molar-refractivity contribution in [1.29, 1.82) is 0 Å². The minimum Gasteiger partial charge on any atom is -0.324 e. The van der Waals surface area contributed by atoms with Gasteiger partial charge in [0.25, 0.3) is 5.91 Å². The minimum absolute atomic E-state index is 0.00532. The third-order valence-electron chi connectivity index (χ3n) is 4.15. The lowest BCUT2D eigenvalue weighted by Crippen LogP contribution is -2.26. The molecule has 31 heavy (non-hydrogen) atoms. The number of carbonyl (C=O) groups excluding carboxylic acids is 1. The Labute approximate surface area is 175 Å². The van der Waals surface area contributed by atoms with Crippen molar-refractivity contribution in [3.8, 4) is 11.4 Å². The summed E-state index contributed by atoms with van der Waals surface area (Å²) in [4.78, 5) is 13.2. The zero-order chi connectivity index (χ0) is 23.0. The van der Waals surface area contributed by atoms with Crippen molar-refractivity contribution in [2.75, 3.05) is 5.32 Å². The number of hydrogen-bond donors (Lipinski definition) is 1. The number of nitrogens with zero attached hydrogens (tertiary/aromatic N) is 4. The van der Waals surface area contributed by atoms with E-state index in [2.05, 4.69) is 20.7 Å². The zero-order valence-electron chi connectivity index (χ0n) is 15.5. The molecular formula is C18H12ClF6N5O. The molecule has 3 aromatic rings. The van der Waals surface area contributed by atoms with Crippen LogP contribution in [-0.4, -0.2) is 26.1 Å². The van der Waals surface area contributed by atoms with Gasteiger partial charge in [0.1, 0.15) is 6.04 Å². The Morgan fingerprint density at radius 2 is 1.77 bits per heavy atom. The molecule has 0 saturated heterocycles. The molecule has 0 spiro atoms. The predicted octanol–water partition coefficient (Wildman–Crippen LogP) is 5.23. The largest absolute Gasteiger partial charge is 0.418 e. The molecule has 0 aliphatic rings. The Morgan fingerprint density at radius 3 is 2.42 bits per heavy atom. The second-order valence-electron chi connectivity index (χ2n) is 6.36. The Kier molecular flexibility index (Phi) is 5.94. The third kappa shape index (κ3) is 5.13. The van der Waals surface area contributed by atoms with Gasteiger partial charge in [-0.2, -0.15) is 31.1 Å². The van der Waals surface area contributed by atoms with Crippen LogP contribution in [0.5, 0.6) is 0 Å². The van der Waals surface area contributed by atoms with E-state index in [1.807, 2.05) is 0 Å². The van der Waals surface area contributed by atoms with E-state index < -0.39 is 41.1 Å². The summed E-state index contributed by atoms with van der Waals surface area (Å²) in [5.41, 5.74) is -2.58. The molecule has 0 bridgehead atoms. The van der Waals surface area contributed by atoms with Crippen LogP contribution >= 0.6 is 11.6 Å². The SMILES string of the molecule is CC(C(=O)Nc1ccc(Cl)cc1C(F)(F)F)n1nnc(-c2cccc(C(F)(F)F)c2)n1. The second-order valence-corrected chi connectivity index (χ2v) is 6.80. The van der Waals surface area contributed by atoms with E-state index in [0.717, 1.165) is 29.1 Å². The quantitative estimate of drug-likeness (QED) is 0.538. The molecule has 0 saturated carbocycles. The van der Waals surface area contributed by atoms with E-state index in [9.17, 15) is 31.1 Å². The highest BCUT2D eigenvalue weighted by atomic mass is 35.5. The summed E-state index contributed by atoms with van der Waals surface area (Å²) in [6, 6.07) is 5.79. The van der Waals surface area contributed by atoms with Crippen LogP contribution in [0.4, 0.5) is 32.0 Å². The summed E-state index contributed by atoms with van der Waals surface area (Å²) in [5.74, 6) is -1.09. The molecule has 0 fully saturated rings. The van der Waals surface area contributed by atoms with Crippen molar-refractivity contribution in [1.82, 2.24) is 20.2 Å². The number of tetrazole rings is 1. The van der Waals surface area contributed by atoms with Gasteiger partial charge in [-0.25, -0.2) is 0 Å². The Hall–Kier alpha value is -3.15. The fourth-order valence-electron chi connectivity index (χ4n) is 2.54. The molecule has 1 unspecified atom stereocenters. The molecule has 0 aliphatic heterocycles. The van der Waals surface area contributed by atoms with E-state index in [0.29, 0.717) is 6.07 Å². The Bertz CT molecular complexity index is 1110. The summed E-state index contributed by atoms with van der Waals surface area (Å²) in [6.45, 7) is 1.29. The smallest absolute Gasteiger partial charge is 0.324 e. The monoisotopic (exact) mass is 463 g/mol. The van der Waals surface area contributed by atoms with Crippen LogP contribution in [0.15, 0.2) is 42.5 Å². The first-order chi connectivity index (χ1) is 14.4. The number of anilines is 1. The van der Waals surface area contributed by atoms with E-state index in [1.165, 1.54) is 19.1 Å². The number of carbonyl (C=O) groups is 1. The molecule has 164 valence electrons. The lowest BCUT2D eigenvalue weighted by atomic mass is 10.1. The Balaban J connectivity index is 1.82. The molecular weight excluding hydrogens is 452 g/mol. The normalized spacial score (nSPS) is 13.2. The van der Waals surface area contributed by atoms with E-state index in [4.69, 9.17) is 11.6 Å². The number of aromatic nitrogens is 4. The van der Waals surface area contributed by atoms with Gasteiger partial charge in [-0.15, -0.1) is 10.2 Å². The van der Waals surface area contributed by atoms with Gasteiger partial charge in [-0.05, 0) is 42.5 Å². The van der Waals surface area contributed by atoms with E-state index in [-0.39, 0.29) is 16.4 Å². The van der Waals surface area contributed by atoms with Crippen molar-refractivity contribution in [3.05, 3.63) is 58.6 Å². The molecule has 6 nitrogen and oxygen atoms in total. The highest BCUT2D eigenvalue weighted by molar-refractivity contribution is 6.30. The highest BCUT2D eigenvalue weighted by Crippen LogP contribution is 2.37. The summed E-state index contributed by atoms with van der Waals surface area (Å²) in [7, 11) is 0. The van der Waals surface area contributed by atoms with Crippen molar-refractivity contribution in [2.24, 2.45) is 0 Å². The molecule has 1 aromatic heterocycles. The van der Waals surface area contributed by atoms with Gasteiger partial charge in [0.05, 0.1) is 16.8 Å². The van der Waals surface area contributed by atoms with Crippen molar-refractivity contribution < 1.29 is 31.1 Å². The molecule has 13 heteroatoms. The summed E-state index contributed by atoms with van der Waals surface area (Å²) >= 11 is 5.60. The summed E-state index contributed by atoms with van der Waals surface area (Å²) < 4.78 is 78.1. The van der Waals surface area contributed by atoms with Gasteiger partial charge in [0.15, 0.2) is 0 Å². The molecule has 1 atom stereocenters. The maximum absolute atomic E-state index is 13.2. The lowest BCUT2D eigenvalue weighted by molar-refractivity contribution is -0.138. The van der Waals surface area contributed by atoms with Crippen LogP contribution in [0, 0.1) is 0 Å². The topological polar surface area (TPSA) is 72.7 Å². The number of benzene rings is 2. The molecule has 0 radical (unpaired) electrons. The second kappa shape index (κ2) is 8.17. The molecule has 2 aromatic carbocycles. The number of amides is 1. The van der Waals surface area contributed by atoms with Crippen molar-refractivity contribution in [2.45, 2.75) is 25.3 Å². The summed E-state index contributed by atoms with van der Waals surface area (Å²) in [6.07, 6.45) is -9.34. The summed E-state index contributed by atoms with van der Waals surface area (Å²) in [5, 5.41) is 13.1. The first-order valence-electron chi connectivity index (χ1n) is 8.51. The zero-order valence-corrected chi connectivity index (χ0v) is 16.2. The van der Waals surface area contributed by atoms with Gasteiger partial charge in [-0.1, -0.05) is 23.7 Å². The Morgan fingerprint density at radius 1 is 1.06 bits per heavy atom. The minimum atomic E-state index is -4.76. The maximum Gasteiger partial charge on any atom is 0.418 e. The highest BCUT2D eigenvalue weighted by Gasteiger charge is 2.35. The standard InChI is InChI=1S/C18H12ClF6N5O/c1-9(16(31)26-14-6-5-12(19)8-13(14)18(23,24)25)30-28-15(27-29-30)10-3-2-4-11(7-10)17(20,21)22/h2-9H,1H3,(H,26,31). The fraction of sp³-hybridized carbons (Fsp3) is 0.222. The average Bonchev–Trinajstić information content (AvgIpc) is 3.17. The van der Waals surface area contributed by atoms with Crippen LogP contribution in [-0.2, 0) is 17.1 Å². The average molecular weight is 464 g/mol. The fourth-order valence-corrected chi connectivity index (χ4v) is 2.71. The van der Waals surface area contributed by atoms with E-state index in [1.54, 1.807) is 0 Å². The number of halogens is 7. The first kappa shape index (κ1) is 22.5. The molecule has 1 heterocycles. The predicted molar refractivity (Wildman–Crippen MR) is 98.0 cm³/mol. The van der Waals surface area contributed by atoms with Crippen LogP contribution in [0.25, 0.3) is 11.4 Å². The lowest BCUT2D eigenvalue weighted by Gasteiger charge is -2.16. The van der Waals surface area contributed by atoms with E-state index >= 15 is 0 Å². The molecule has 1 N–H and O–H groups in total. The third-order valence-corrected chi connectivity index (χ3v) is 4.38. The maximum atomic E-state index is 13.2. The van der Waals surface area contributed by atoms with Gasteiger partial charge < -0.3 is 5.32 Å². The number of rotatable bonds is 4. The number of alkyl halides is 6. The van der Waals surface area contributed by atoms with Crippen LogP contribution in [0.2, 0.25) is 5.02 Å². The van der Waals surface area contributed by atoms with Crippen LogP contribution in [0.1, 0.15) is 24.1 Å². The van der Waals surface area contributed by atoms with Crippen LogP contribution in [0.3, 0.4) is 0 Å².